The van der Waals surface area contributed by atoms with Gasteiger partial charge >= 0.3 is 0 Å². The van der Waals surface area contributed by atoms with Gasteiger partial charge in [-0.2, -0.15) is 0 Å². The average Bonchev–Trinajstić information content (AvgIpc) is 2.80. The number of halogens is 3. The van der Waals surface area contributed by atoms with Crippen molar-refractivity contribution in [3.05, 3.63) is 101 Å². The first-order valence-electron chi connectivity index (χ1n) is 9.37. The van der Waals surface area contributed by atoms with Gasteiger partial charge in [0, 0.05) is 0 Å². The van der Waals surface area contributed by atoms with E-state index in [-0.39, 0.29) is 16.9 Å². The zero-order valence-electron chi connectivity index (χ0n) is 16.3. The van der Waals surface area contributed by atoms with Crippen molar-refractivity contribution in [2.24, 2.45) is 0 Å². The van der Waals surface area contributed by atoms with Gasteiger partial charge in [0.25, 0.3) is 0 Å². The van der Waals surface area contributed by atoms with E-state index in [2.05, 4.69) is 10.6 Å². The van der Waals surface area contributed by atoms with Crippen molar-refractivity contribution in [2.75, 3.05) is 17.6 Å². The van der Waals surface area contributed by atoms with Crippen LogP contribution in [0, 0.1) is 17.5 Å². The van der Waals surface area contributed by atoms with Crippen LogP contribution in [0.3, 0.4) is 0 Å². The molecule has 3 rings (SSSR count). The lowest BCUT2D eigenvalue weighted by atomic mass is 10.0. The van der Waals surface area contributed by atoms with E-state index in [0.717, 1.165) is 17.2 Å². The highest BCUT2D eigenvalue weighted by atomic mass is 32.2. The second kappa shape index (κ2) is 10.7. The highest BCUT2D eigenvalue weighted by Gasteiger charge is 2.18. The molecule has 0 spiro atoms. The van der Waals surface area contributed by atoms with Gasteiger partial charge < -0.3 is 10.6 Å². The fourth-order valence-electron chi connectivity index (χ4n) is 2.85. The van der Waals surface area contributed by atoms with E-state index in [1.807, 2.05) is 60.7 Å². The molecule has 0 saturated heterocycles. The van der Waals surface area contributed by atoms with Crippen LogP contribution in [0.2, 0.25) is 0 Å². The minimum absolute atomic E-state index is 0.0711. The molecule has 0 aliphatic rings. The Bertz CT molecular complexity index is 1010. The van der Waals surface area contributed by atoms with Gasteiger partial charge in [0.2, 0.25) is 11.8 Å². The lowest BCUT2D eigenvalue weighted by molar-refractivity contribution is -0.122. The van der Waals surface area contributed by atoms with Gasteiger partial charge in [0.1, 0.15) is 0 Å². The van der Waals surface area contributed by atoms with Gasteiger partial charge in [0.15, 0.2) is 17.5 Å². The first kappa shape index (κ1) is 22.4. The molecule has 8 heteroatoms. The smallest absolute Gasteiger partial charge is 0.243 e. The highest BCUT2D eigenvalue weighted by Crippen LogP contribution is 2.35. The van der Waals surface area contributed by atoms with E-state index >= 15 is 0 Å². The minimum Gasteiger partial charge on any atom is -0.346 e. The molecule has 0 bridgehead atoms. The Kier molecular flexibility index (Phi) is 7.72. The maximum absolute atomic E-state index is 13.6. The Labute approximate surface area is 181 Å². The molecule has 160 valence electrons. The van der Waals surface area contributed by atoms with Crippen LogP contribution in [0.25, 0.3) is 0 Å². The normalized spacial score (nSPS) is 10.7. The zero-order chi connectivity index (χ0) is 22.2. The Morgan fingerprint density at radius 3 is 1.94 bits per heavy atom. The van der Waals surface area contributed by atoms with Crippen molar-refractivity contribution < 1.29 is 22.8 Å². The van der Waals surface area contributed by atoms with Crippen LogP contribution < -0.4 is 10.6 Å². The van der Waals surface area contributed by atoms with E-state index in [1.54, 1.807) is 0 Å². The zero-order valence-corrected chi connectivity index (χ0v) is 17.1. The van der Waals surface area contributed by atoms with Gasteiger partial charge in [-0.25, -0.2) is 13.2 Å². The number of thioether (sulfide) groups is 1. The Hall–Kier alpha value is -3.26. The van der Waals surface area contributed by atoms with Crippen LogP contribution in [0.4, 0.5) is 18.9 Å². The van der Waals surface area contributed by atoms with Crippen molar-refractivity contribution in [3.8, 4) is 0 Å². The Morgan fingerprint density at radius 1 is 0.774 bits per heavy atom. The molecule has 0 saturated carbocycles. The van der Waals surface area contributed by atoms with Crippen molar-refractivity contribution in [3.63, 3.8) is 0 Å². The van der Waals surface area contributed by atoms with Gasteiger partial charge in [-0.15, -0.1) is 11.8 Å². The number of anilines is 1. The summed E-state index contributed by atoms with van der Waals surface area (Å²) < 4.78 is 39.8. The molecular formula is C23H19F3N2O2S. The summed E-state index contributed by atoms with van der Waals surface area (Å²) in [6.07, 6.45) is 0. The lowest BCUT2D eigenvalue weighted by Crippen LogP contribution is -2.34. The predicted molar refractivity (Wildman–Crippen MR) is 115 cm³/mol. The number of carbonyl (C=O) groups excluding carboxylic acids is 2. The second-order valence-electron chi connectivity index (χ2n) is 6.56. The molecule has 4 nitrogen and oxygen atoms in total. The van der Waals surface area contributed by atoms with Crippen molar-refractivity contribution >= 4 is 29.3 Å². The van der Waals surface area contributed by atoms with Gasteiger partial charge in [0.05, 0.1) is 23.2 Å². The first-order chi connectivity index (χ1) is 15.0. The molecule has 0 atom stereocenters. The number of rotatable bonds is 8. The summed E-state index contributed by atoms with van der Waals surface area (Å²) in [6, 6.07) is 21.1. The fourth-order valence-corrected chi connectivity index (χ4v) is 3.97. The number of hydrogen-bond acceptors (Lipinski definition) is 3. The summed E-state index contributed by atoms with van der Waals surface area (Å²) in [5, 5.41) is 4.48. The third-order valence-corrected chi connectivity index (χ3v) is 5.65. The SMILES string of the molecule is O=C(CSC(c1ccccc1)c1ccccc1)NCC(=O)Nc1ccc(F)c(F)c1F. The topological polar surface area (TPSA) is 58.2 Å². The van der Waals surface area contributed by atoms with E-state index in [4.69, 9.17) is 0 Å². The Morgan fingerprint density at radius 2 is 1.35 bits per heavy atom. The molecule has 0 radical (unpaired) electrons. The van der Waals surface area contributed by atoms with Crippen LogP contribution in [0.1, 0.15) is 16.4 Å². The largest absolute Gasteiger partial charge is 0.346 e. The lowest BCUT2D eigenvalue weighted by Gasteiger charge is -2.17. The molecule has 0 heterocycles. The number of carbonyl (C=O) groups is 2. The minimum atomic E-state index is -1.67. The number of amides is 2. The molecule has 0 aliphatic carbocycles. The third-order valence-electron chi connectivity index (χ3n) is 4.34. The molecule has 0 fully saturated rings. The predicted octanol–water partition coefficient (Wildman–Crippen LogP) is 4.68. The van der Waals surface area contributed by atoms with E-state index < -0.39 is 35.6 Å². The second-order valence-corrected chi connectivity index (χ2v) is 7.65. The molecule has 31 heavy (non-hydrogen) atoms. The molecule has 2 N–H and O–H groups in total. The number of nitrogens with one attached hydrogen (secondary N) is 2. The summed E-state index contributed by atoms with van der Waals surface area (Å²) >= 11 is 1.40. The summed E-state index contributed by atoms with van der Waals surface area (Å²) in [4.78, 5) is 24.2. The monoisotopic (exact) mass is 444 g/mol. The Balaban J connectivity index is 1.55. The standard InChI is InChI=1S/C23H19F3N2O2S/c24-17-11-12-18(22(26)21(17)25)28-19(29)13-27-20(30)14-31-23(15-7-3-1-4-8-15)16-9-5-2-6-10-16/h1-12,23H,13-14H2,(H,27,30)(H,28,29). The molecule has 2 amide bonds. The van der Waals surface area contributed by atoms with Crippen LogP contribution in [0.5, 0.6) is 0 Å². The molecule has 3 aromatic rings. The van der Waals surface area contributed by atoms with Gasteiger partial charge in [-0.3, -0.25) is 9.59 Å². The maximum atomic E-state index is 13.6. The molecule has 0 aliphatic heterocycles. The molecule has 0 aromatic heterocycles. The molecule has 0 unspecified atom stereocenters. The highest BCUT2D eigenvalue weighted by molar-refractivity contribution is 8.00. The van der Waals surface area contributed by atoms with Crippen molar-refractivity contribution in [2.45, 2.75) is 5.25 Å². The van der Waals surface area contributed by atoms with Crippen LogP contribution in [-0.2, 0) is 9.59 Å². The van der Waals surface area contributed by atoms with Crippen LogP contribution in [0.15, 0.2) is 72.8 Å². The summed E-state index contributed by atoms with van der Waals surface area (Å²) in [7, 11) is 0. The first-order valence-corrected chi connectivity index (χ1v) is 10.4. The van der Waals surface area contributed by atoms with Crippen molar-refractivity contribution in [1.82, 2.24) is 5.32 Å². The number of benzene rings is 3. The molecule has 3 aromatic carbocycles. The van der Waals surface area contributed by atoms with Gasteiger partial charge in [-0.1, -0.05) is 60.7 Å². The molecular weight excluding hydrogens is 425 g/mol. The third kappa shape index (κ3) is 6.11. The van der Waals surface area contributed by atoms with E-state index in [1.165, 1.54) is 11.8 Å². The summed E-state index contributed by atoms with van der Waals surface area (Å²) in [5.74, 6) is -5.59. The summed E-state index contributed by atoms with van der Waals surface area (Å²) in [5.41, 5.74) is 1.58. The maximum Gasteiger partial charge on any atom is 0.243 e. The van der Waals surface area contributed by atoms with E-state index in [9.17, 15) is 22.8 Å². The fraction of sp³-hybridized carbons (Fsp3) is 0.130. The van der Waals surface area contributed by atoms with Crippen LogP contribution >= 0.6 is 11.8 Å². The van der Waals surface area contributed by atoms with Crippen molar-refractivity contribution in [1.29, 1.82) is 0 Å². The summed E-state index contributed by atoms with van der Waals surface area (Å²) in [6.45, 7) is -0.431. The average molecular weight is 444 g/mol. The van der Waals surface area contributed by atoms with Crippen LogP contribution in [-0.4, -0.2) is 24.1 Å². The van der Waals surface area contributed by atoms with Gasteiger partial charge in [-0.05, 0) is 23.3 Å². The van der Waals surface area contributed by atoms with E-state index in [0.29, 0.717) is 6.07 Å². The number of hydrogen-bond donors (Lipinski definition) is 2. The quantitative estimate of drug-likeness (QED) is 0.496.